The number of carbonyl (C=O) groups excluding carboxylic acids is 2. The summed E-state index contributed by atoms with van der Waals surface area (Å²) >= 11 is 6.21. The summed E-state index contributed by atoms with van der Waals surface area (Å²) in [5.41, 5.74) is 1.79. The number of aryl methyl sites for hydroxylation is 1. The second-order valence-corrected chi connectivity index (χ2v) is 9.13. The molecule has 0 saturated heterocycles. The molecule has 2 aromatic carbocycles. The Morgan fingerprint density at radius 2 is 2.03 bits per heavy atom. The minimum atomic E-state index is -4.09. The lowest BCUT2D eigenvalue weighted by Crippen LogP contribution is -2.38. The number of para-hydroxylation sites is 1. The van der Waals surface area contributed by atoms with Gasteiger partial charge in [-0.3, -0.25) is 9.59 Å². The van der Waals surface area contributed by atoms with Gasteiger partial charge in [0.25, 0.3) is 5.91 Å². The van der Waals surface area contributed by atoms with Gasteiger partial charge in [0.2, 0.25) is 15.9 Å². The molecule has 160 valence electrons. The van der Waals surface area contributed by atoms with Crippen LogP contribution in [0.4, 0.5) is 11.4 Å². The molecule has 1 aliphatic rings. The summed E-state index contributed by atoms with van der Waals surface area (Å²) in [5.74, 6) is -0.605. The topological polar surface area (TPSA) is 105 Å². The van der Waals surface area contributed by atoms with Crippen molar-refractivity contribution in [2.75, 3.05) is 30.3 Å². The van der Waals surface area contributed by atoms with Crippen LogP contribution in [0.15, 0.2) is 41.3 Å². The van der Waals surface area contributed by atoms with Crippen molar-refractivity contribution in [1.82, 2.24) is 4.31 Å². The highest BCUT2D eigenvalue weighted by Gasteiger charge is 2.30. The van der Waals surface area contributed by atoms with Crippen LogP contribution in [-0.2, 0) is 19.6 Å². The van der Waals surface area contributed by atoms with Crippen molar-refractivity contribution < 1.29 is 22.7 Å². The minimum Gasteiger partial charge on any atom is -0.482 e. The van der Waals surface area contributed by atoms with Gasteiger partial charge >= 0.3 is 0 Å². The first-order valence-corrected chi connectivity index (χ1v) is 11.2. The second kappa shape index (κ2) is 9.03. The molecule has 1 aliphatic heterocycles. The van der Waals surface area contributed by atoms with Gasteiger partial charge in [0, 0.05) is 18.3 Å². The van der Waals surface area contributed by atoms with Crippen molar-refractivity contribution in [2.45, 2.75) is 25.2 Å². The molecule has 8 nitrogen and oxygen atoms in total. The summed E-state index contributed by atoms with van der Waals surface area (Å²) in [6, 6.07) is 9.84. The third kappa shape index (κ3) is 4.75. The molecule has 0 fully saturated rings. The molecule has 1 heterocycles. The number of carbonyl (C=O) groups is 2. The minimum absolute atomic E-state index is 0.0695. The Bertz CT molecular complexity index is 1090. The predicted molar refractivity (Wildman–Crippen MR) is 114 cm³/mol. The highest BCUT2D eigenvalue weighted by molar-refractivity contribution is 7.89. The molecule has 3 rings (SSSR count). The summed E-state index contributed by atoms with van der Waals surface area (Å²) in [7, 11) is -4.09. The van der Waals surface area contributed by atoms with E-state index in [2.05, 4.69) is 10.6 Å². The molecule has 2 aromatic rings. The second-order valence-electron chi connectivity index (χ2n) is 6.82. The molecule has 2 N–H and O–H groups in total. The monoisotopic (exact) mass is 451 g/mol. The van der Waals surface area contributed by atoms with Crippen molar-refractivity contribution in [3.8, 4) is 5.75 Å². The van der Waals surface area contributed by atoms with Crippen LogP contribution in [0.2, 0.25) is 5.02 Å². The first-order chi connectivity index (χ1) is 14.2. The summed E-state index contributed by atoms with van der Waals surface area (Å²) in [6.07, 6.45) is 0.506. The molecule has 0 radical (unpaired) electrons. The van der Waals surface area contributed by atoms with Gasteiger partial charge in [-0.1, -0.05) is 36.7 Å². The maximum Gasteiger partial charge on any atom is 0.262 e. The Morgan fingerprint density at radius 1 is 1.30 bits per heavy atom. The molecule has 30 heavy (non-hydrogen) atoms. The van der Waals surface area contributed by atoms with Crippen molar-refractivity contribution >= 4 is 44.8 Å². The molecule has 0 unspecified atom stereocenters. The number of benzene rings is 2. The van der Waals surface area contributed by atoms with Crippen LogP contribution in [0.1, 0.15) is 18.9 Å². The molecular weight excluding hydrogens is 430 g/mol. The number of nitrogens with zero attached hydrogens (tertiary/aromatic N) is 1. The number of amides is 2. The highest BCUT2D eigenvalue weighted by atomic mass is 35.5. The number of fused-ring (bicyclic) bond motifs is 1. The molecule has 0 saturated carbocycles. The van der Waals surface area contributed by atoms with Crippen molar-refractivity contribution in [3.05, 3.63) is 47.0 Å². The Morgan fingerprint density at radius 3 is 2.73 bits per heavy atom. The van der Waals surface area contributed by atoms with E-state index in [0.717, 1.165) is 9.87 Å². The normalized spacial score (nSPS) is 13.4. The van der Waals surface area contributed by atoms with Crippen LogP contribution in [0.3, 0.4) is 0 Å². The number of anilines is 2. The van der Waals surface area contributed by atoms with Crippen molar-refractivity contribution in [1.29, 1.82) is 0 Å². The van der Waals surface area contributed by atoms with E-state index in [1.165, 1.54) is 12.1 Å². The van der Waals surface area contributed by atoms with E-state index in [4.69, 9.17) is 16.3 Å². The van der Waals surface area contributed by atoms with Gasteiger partial charge in [0.15, 0.2) is 6.61 Å². The van der Waals surface area contributed by atoms with Gasteiger partial charge in [-0.25, -0.2) is 8.42 Å². The summed E-state index contributed by atoms with van der Waals surface area (Å²) in [6.45, 7) is 3.21. The third-order valence-electron chi connectivity index (χ3n) is 4.50. The predicted octanol–water partition coefficient (Wildman–Crippen LogP) is 3.02. The van der Waals surface area contributed by atoms with Gasteiger partial charge in [-0.05, 0) is 31.0 Å². The number of nitrogens with one attached hydrogen (secondary N) is 2. The molecule has 0 aliphatic carbocycles. The van der Waals surface area contributed by atoms with Crippen LogP contribution < -0.4 is 15.4 Å². The summed E-state index contributed by atoms with van der Waals surface area (Å²) in [5, 5.41) is 5.25. The lowest BCUT2D eigenvalue weighted by molar-refractivity contribution is -0.118. The Balaban J connectivity index is 1.87. The average Bonchev–Trinajstić information content (AvgIpc) is 2.68. The van der Waals surface area contributed by atoms with Crippen LogP contribution in [0.5, 0.6) is 5.75 Å². The molecule has 0 spiro atoms. The number of halogens is 1. The maximum atomic E-state index is 13.3. The van der Waals surface area contributed by atoms with E-state index in [0.29, 0.717) is 17.8 Å². The van der Waals surface area contributed by atoms with Crippen LogP contribution in [-0.4, -0.2) is 44.2 Å². The first-order valence-electron chi connectivity index (χ1n) is 9.34. The Kier molecular flexibility index (Phi) is 6.64. The van der Waals surface area contributed by atoms with E-state index in [1.54, 1.807) is 12.1 Å². The largest absolute Gasteiger partial charge is 0.482 e. The molecule has 0 bridgehead atoms. The fraction of sp³-hybridized carbons (Fsp3) is 0.300. The van der Waals surface area contributed by atoms with Crippen molar-refractivity contribution in [2.24, 2.45) is 0 Å². The van der Waals surface area contributed by atoms with Crippen LogP contribution in [0.25, 0.3) is 0 Å². The number of ether oxygens (including phenoxy) is 1. The lowest BCUT2D eigenvalue weighted by atomic mass is 10.2. The highest BCUT2D eigenvalue weighted by Crippen LogP contribution is 2.36. The summed E-state index contributed by atoms with van der Waals surface area (Å²) < 4.78 is 32.9. The van der Waals surface area contributed by atoms with E-state index in [1.807, 2.05) is 26.0 Å². The fourth-order valence-electron chi connectivity index (χ4n) is 3.01. The number of hydrogen-bond acceptors (Lipinski definition) is 5. The molecule has 0 atom stereocenters. The van der Waals surface area contributed by atoms with Crippen molar-refractivity contribution in [3.63, 3.8) is 0 Å². The molecule has 0 aromatic heterocycles. The quantitative estimate of drug-likeness (QED) is 0.673. The first kappa shape index (κ1) is 22.1. The number of hydrogen-bond donors (Lipinski definition) is 2. The van der Waals surface area contributed by atoms with Crippen LogP contribution in [0, 0.1) is 6.92 Å². The van der Waals surface area contributed by atoms with Crippen LogP contribution >= 0.6 is 11.6 Å². The van der Waals surface area contributed by atoms with Gasteiger partial charge in [-0.2, -0.15) is 4.31 Å². The standard InChI is InChI=1S/C20H22ClN3O5S/c1-3-8-24(11-19(25)22-15-7-5-4-6-13(15)2)30(27,28)18-10-17-16(9-14(18)21)23-20(26)12-29-17/h4-7,9-10H,3,8,11-12H2,1-2H3,(H,22,25)(H,23,26). The number of sulfonamides is 1. The third-order valence-corrected chi connectivity index (χ3v) is 6.81. The van der Waals surface area contributed by atoms with E-state index < -0.39 is 15.9 Å². The Hall–Kier alpha value is -2.62. The SMILES string of the molecule is CCCN(CC(=O)Nc1ccccc1C)S(=O)(=O)c1cc2c(cc1Cl)NC(=O)CO2. The molecular formula is C20H22ClN3O5S. The molecule has 10 heteroatoms. The zero-order chi connectivity index (χ0) is 21.9. The molecule has 2 amide bonds. The number of rotatable bonds is 7. The summed E-state index contributed by atoms with van der Waals surface area (Å²) in [4.78, 5) is 23.8. The Labute approximate surface area is 180 Å². The van der Waals surface area contributed by atoms with E-state index in [-0.39, 0.29) is 41.3 Å². The lowest BCUT2D eigenvalue weighted by Gasteiger charge is -2.24. The van der Waals surface area contributed by atoms with Gasteiger partial charge in [-0.15, -0.1) is 0 Å². The zero-order valence-electron chi connectivity index (χ0n) is 16.6. The fourth-order valence-corrected chi connectivity index (χ4v) is 5.02. The van der Waals surface area contributed by atoms with E-state index in [9.17, 15) is 18.0 Å². The smallest absolute Gasteiger partial charge is 0.262 e. The van der Waals surface area contributed by atoms with E-state index >= 15 is 0 Å². The average molecular weight is 452 g/mol. The maximum absolute atomic E-state index is 13.3. The van der Waals surface area contributed by atoms with Gasteiger partial charge in [0.05, 0.1) is 17.3 Å². The van der Waals surface area contributed by atoms with Gasteiger partial charge in [0.1, 0.15) is 10.6 Å². The van der Waals surface area contributed by atoms with Gasteiger partial charge < -0.3 is 15.4 Å². The zero-order valence-corrected chi connectivity index (χ0v) is 18.1.